The van der Waals surface area contributed by atoms with Gasteiger partial charge in [-0.2, -0.15) is 4.98 Å². The number of thiophene rings is 1. The monoisotopic (exact) mass is 264 g/mol. The number of hydrogen-bond donors (Lipinski definition) is 0. The summed E-state index contributed by atoms with van der Waals surface area (Å²) >= 11 is 1.42. The molecule has 18 heavy (non-hydrogen) atoms. The number of ketones is 1. The van der Waals surface area contributed by atoms with Crippen molar-refractivity contribution in [2.75, 3.05) is 14.2 Å². The Morgan fingerprint density at radius 3 is 2.61 bits per heavy atom. The van der Waals surface area contributed by atoms with E-state index in [4.69, 9.17) is 9.47 Å². The number of aromatic nitrogens is 2. The summed E-state index contributed by atoms with van der Waals surface area (Å²) < 4.78 is 10.0. The maximum Gasteiger partial charge on any atom is 0.247 e. The van der Waals surface area contributed by atoms with Gasteiger partial charge in [0.05, 0.1) is 25.3 Å². The molecule has 0 aliphatic heterocycles. The van der Waals surface area contributed by atoms with Crippen molar-refractivity contribution in [3.05, 3.63) is 33.8 Å². The first-order valence-corrected chi connectivity index (χ1v) is 6.03. The minimum atomic E-state index is -0.194. The molecule has 0 aliphatic rings. The minimum Gasteiger partial charge on any atom is -0.480 e. The van der Waals surface area contributed by atoms with Gasteiger partial charge in [-0.15, -0.1) is 11.3 Å². The van der Waals surface area contributed by atoms with E-state index in [-0.39, 0.29) is 17.4 Å². The van der Waals surface area contributed by atoms with Gasteiger partial charge in [0.25, 0.3) is 0 Å². The van der Waals surface area contributed by atoms with Crippen molar-refractivity contribution in [3.63, 3.8) is 0 Å². The van der Waals surface area contributed by atoms with Gasteiger partial charge in [0.2, 0.25) is 17.5 Å². The number of ether oxygens (including phenoxy) is 2. The highest BCUT2D eigenvalue weighted by Crippen LogP contribution is 2.23. The Labute approximate surface area is 108 Å². The SMILES string of the molecule is COc1cnc(C(=O)c2ccc(C)s2)c(OC)n1. The first-order chi connectivity index (χ1) is 8.65. The summed E-state index contributed by atoms with van der Waals surface area (Å²) in [6.45, 7) is 1.94. The molecule has 0 spiro atoms. The van der Waals surface area contributed by atoms with Crippen molar-refractivity contribution >= 4 is 17.1 Å². The fraction of sp³-hybridized carbons (Fsp3) is 0.250. The molecule has 0 aromatic carbocycles. The Balaban J connectivity index is 2.41. The van der Waals surface area contributed by atoms with Crippen LogP contribution in [0.25, 0.3) is 0 Å². The molecular formula is C12H12N2O3S. The van der Waals surface area contributed by atoms with Gasteiger partial charge in [-0.3, -0.25) is 4.79 Å². The van der Waals surface area contributed by atoms with Gasteiger partial charge in [0.1, 0.15) is 0 Å². The van der Waals surface area contributed by atoms with Gasteiger partial charge in [-0.05, 0) is 19.1 Å². The van der Waals surface area contributed by atoms with Gasteiger partial charge >= 0.3 is 0 Å². The van der Waals surface area contributed by atoms with Crippen molar-refractivity contribution < 1.29 is 14.3 Å². The lowest BCUT2D eigenvalue weighted by Crippen LogP contribution is -2.07. The largest absolute Gasteiger partial charge is 0.480 e. The lowest BCUT2D eigenvalue weighted by atomic mass is 10.2. The highest BCUT2D eigenvalue weighted by molar-refractivity contribution is 7.14. The van der Waals surface area contributed by atoms with E-state index in [1.807, 2.05) is 13.0 Å². The second-order valence-corrected chi connectivity index (χ2v) is 4.80. The molecule has 2 rings (SSSR count). The van der Waals surface area contributed by atoms with Gasteiger partial charge < -0.3 is 9.47 Å². The van der Waals surface area contributed by atoms with Crippen LogP contribution in [0.2, 0.25) is 0 Å². The van der Waals surface area contributed by atoms with Crippen LogP contribution in [0.4, 0.5) is 0 Å². The number of rotatable bonds is 4. The van der Waals surface area contributed by atoms with Crippen LogP contribution in [0, 0.1) is 6.92 Å². The molecule has 2 aromatic rings. The molecule has 0 radical (unpaired) electrons. The highest BCUT2D eigenvalue weighted by atomic mass is 32.1. The summed E-state index contributed by atoms with van der Waals surface area (Å²) in [5.41, 5.74) is 0.195. The number of carbonyl (C=O) groups is 1. The average Bonchev–Trinajstić information content (AvgIpc) is 2.83. The van der Waals surface area contributed by atoms with Gasteiger partial charge in [0, 0.05) is 4.88 Å². The summed E-state index contributed by atoms with van der Waals surface area (Å²) in [4.78, 5) is 22.0. The molecule has 0 saturated heterocycles. The standard InChI is InChI=1S/C12H12N2O3S/c1-7-4-5-8(18-7)11(15)10-12(17-3)14-9(16-2)6-13-10/h4-6H,1-3H3. The zero-order chi connectivity index (χ0) is 13.1. The van der Waals surface area contributed by atoms with E-state index < -0.39 is 0 Å². The predicted molar refractivity (Wildman–Crippen MR) is 67.6 cm³/mol. The number of carbonyl (C=O) groups excluding carboxylic acids is 1. The lowest BCUT2D eigenvalue weighted by molar-refractivity contribution is 0.103. The van der Waals surface area contributed by atoms with E-state index in [9.17, 15) is 4.79 Å². The fourth-order valence-corrected chi connectivity index (χ4v) is 2.23. The van der Waals surface area contributed by atoms with Crippen LogP contribution in [0.15, 0.2) is 18.3 Å². The fourth-order valence-electron chi connectivity index (χ4n) is 1.43. The van der Waals surface area contributed by atoms with Gasteiger partial charge in [-0.25, -0.2) is 4.98 Å². The minimum absolute atomic E-state index is 0.172. The third-order valence-corrected chi connectivity index (χ3v) is 3.30. The third-order valence-electron chi connectivity index (χ3n) is 2.30. The van der Waals surface area contributed by atoms with Gasteiger partial charge in [0.15, 0.2) is 5.69 Å². The van der Waals surface area contributed by atoms with E-state index in [2.05, 4.69) is 9.97 Å². The summed E-state index contributed by atoms with van der Waals surface area (Å²) in [6.07, 6.45) is 1.40. The second kappa shape index (κ2) is 5.14. The summed E-state index contributed by atoms with van der Waals surface area (Å²) in [6, 6.07) is 3.66. The predicted octanol–water partition coefficient (Wildman–Crippen LogP) is 2.09. The number of nitrogens with zero attached hydrogens (tertiary/aromatic N) is 2. The third kappa shape index (κ3) is 2.33. The quantitative estimate of drug-likeness (QED) is 0.791. The molecule has 0 unspecified atom stereocenters. The average molecular weight is 264 g/mol. The Bertz CT molecular complexity index is 580. The van der Waals surface area contributed by atoms with E-state index in [0.29, 0.717) is 10.8 Å². The molecule has 2 aromatic heterocycles. The zero-order valence-corrected chi connectivity index (χ0v) is 11.1. The molecule has 0 bridgehead atoms. The van der Waals surface area contributed by atoms with Crippen LogP contribution >= 0.6 is 11.3 Å². The zero-order valence-electron chi connectivity index (χ0n) is 10.3. The lowest BCUT2D eigenvalue weighted by Gasteiger charge is -2.06. The van der Waals surface area contributed by atoms with Crippen molar-refractivity contribution in [2.24, 2.45) is 0 Å². The van der Waals surface area contributed by atoms with Crippen LogP contribution in [0.1, 0.15) is 20.2 Å². The number of aryl methyl sites for hydroxylation is 1. The molecule has 0 aliphatic carbocycles. The highest BCUT2D eigenvalue weighted by Gasteiger charge is 2.19. The topological polar surface area (TPSA) is 61.3 Å². The van der Waals surface area contributed by atoms with Crippen LogP contribution in [-0.4, -0.2) is 30.0 Å². The first-order valence-electron chi connectivity index (χ1n) is 5.22. The van der Waals surface area contributed by atoms with Crippen molar-refractivity contribution in [3.8, 4) is 11.8 Å². The Morgan fingerprint density at radius 1 is 1.28 bits per heavy atom. The van der Waals surface area contributed by atoms with Crippen LogP contribution in [-0.2, 0) is 0 Å². The summed E-state index contributed by atoms with van der Waals surface area (Å²) in [5, 5.41) is 0. The Morgan fingerprint density at radius 2 is 2.06 bits per heavy atom. The molecule has 0 atom stereocenters. The molecule has 0 fully saturated rings. The van der Waals surface area contributed by atoms with E-state index in [1.165, 1.54) is 31.8 Å². The maximum atomic E-state index is 12.2. The first kappa shape index (κ1) is 12.5. The maximum absolute atomic E-state index is 12.2. The summed E-state index contributed by atoms with van der Waals surface area (Å²) in [5.74, 6) is 0.288. The molecule has 5 nitrogen and oxygen atoms in total. The molecular weight excluding hydrogens is 252 g/mol. The van der Waals surface area contributed by atoms with E-state index in [1.54, 1.807) is 6.07 Å². The van der Waals surface area contributed by atoms with Crippen LogP contribution < -0.4 is 9.47 Å². The Hall–Kier alpha value is -1.95. The van der Waals surface area contributed by atoms with E-state index in [0.717, 1.165) is 4.88 Å². The Kier molecular flexibility index (Phi) is 3.57. The molecule has 0 N–H and O–H groups in total. The van der Waals surface area contributed by atoms with Gasteiger partial charge in [-0.1, -0.05) is 0 Å². The molecule has 94 valence electrons. The molecule has 6 heteroatoms. The van der Waals surface area contributed by atoms with Crippen LogP contribution in [0.3, 0.4) is 0 Å². The molecule has 2 heterocycles. The normalized spacial score (nSPS) is 10.2. The molecule has 0 amide bonds. The molecule has 0 saturated carbocycles. The van der Waals surface area contributed by atoms with Crippen molar-refractivity contribution in [2.45, 2.75) is 6.92 Å². The number of methoxy groups -OCH3 is 2. The van der Waals surface area contributed by atoms with Crippen molar-refractivity contribution in [1.82, 2.24) is 9.97 Å². The smallest absolute Gasteiger partial charge is 0.247 e. The van der Waals surface area contributed by atoms with E-state index >= 15 is 0 Å². The van der Waals surface area contributed by atoms with Crippen LogP contribution in [0.5, 0.6) is 11.8 Å². The summed E-state index contributed by atoms with van der Waals surface area (Å²) in [7, 11) is 2.92. The second-order valence-electron chi connectivity index (χ2n) is 3.51. The van der Waals surface area contributed by atoms with Crippen molar-refractivity contribution in [1.29, 1.82) is 0 Å². The number of hydrogen-bond acceptors (Lipinski definition) is 6.